The summed E-state index contributed by atoms with van der Waals surface area (Å²) in [5.41, 5.74) is -0.0357. The fourth-order valence-electron chi connectivity index (χ4n) is 1.64. The van der Waals surface area contributed by atoms with Crippen LogP contribution in [0.25, 0.3) is 0 Å². The van der Waals surface area contributed by atoms with E-state index in [0.29, 0.717) is 5.82 Å². The Hall–Kier alpha value is -0.680. The van der Waals surface area contributed by atoms with Crippen molar-refractivity contribution >= 4 is 21.7 Å². The molecule has 1 aromatic heterocycles. The summed E-state index contributed by atoms with van der Waals surface area (Å²) in [6.45, 7) is 9.19. The predicted octanol–water partition coefficient (Wildman–Crippen LogP) is 3.40. The van der Waals surface area contributed by atoms with E-state index < -0.39 is 0 Å². The van der Waals surface area contributed by atoms with Crippen LogP contribution in [0, 0.1) is 5.41 Å². The van der Waals surface area contributed by atoms with Gasteiger partial charge in [-0.05, 0) is 28.3 Å². The molecule has 5 heteroatoms. The zero-order valence-electron chi connectivity index (χ0n) is 11.0. The minimum atomic E-state index is -0.118. The average Bonchev–Trinajstić information content (AvgIpc) is 2.22. The molecule has 4 nitrogen and oxygen atoms in total. The van der Waals surface area contributed by atoms with Crippen LogP contribution < -0.4 is 5.32 Å². The first-order valence-electron chi connectivity index (χ1n) is 5.69. The molecule has 96 valence electrons. The molecule has 0 fully saturated rings. The summed E-state index contributed by atoms with van der Waals surface area (Å²) in [5, 5.41) is 3.19. The van der Waals surface area contributed by atoms with E-state index >= 15 is 0 Å². The molecule has 0 aliphatic rings. The Morgan fingerprint density at radius 2 is 2.12 bits per heavy atom. The Morgan fingerprint density at radius 3 is 2.59 bits per heavy atom. The lowest BCUT2D eigenvalue weighted by Crippen LogP contribution is -2.22. The largest absolute Gasteiger partial charge is 0.373 e. The van der Waals surface area contributed by atoms with E-state index in [2.05, 4.69) is 52.0 Å². The van der Waals surface area contributed by atoms with Crippen molar-refractivity contribution in [2.24, 2.45) is 5.41 Å². The van der Waals surface area contributed by atoms with Crippen LogP contribution in [0.2, 0.25) is 0 Å². The van der Waals surface area contributed by atoms with Crippen LogP contribution in [0.3, 0.4) is 0 Å². The first-order chi connectivity index (χ1) is 7.90. The molecule has 1 unspecified atom stereocenters. The number of nitrogens with zero attached hydrogens (tertiary/aromatic N) is 2. The smallest absolute Gasteiger partial charge is 0.160 e. The lowest BCUT2D eigenvalue weighted by atomic mass is 9.88. The number of ether oxygens (including phenoxy) is 1. The highest BCUT2D eigenvalue weighted by Gasteiger charge is 2.29. The molecule has 1 atom stereocenters. The maximum Gasteiger partial charge on any atom is 0.160 e. The van der Waals surface area contributed by atoms with Gasteiger partial charge in [-0.15, -0.1) is 0 Å². The van der Waals surface area contributed by atoms with Gasteiger partial charge in [0.2, 0.25) is 0 Å². The van der Waals surface area contributed by atoms with Gasteiger partial charge in [0.25, 0.3) is 0 Å². The number of methoxy groups -OCH3 is 1. The molecule has 0 aromatic carbocycles. The van der Waals surface area contributed by atoms with Crippen molar-refractivity contribution in [2.75, 3.05) is 19.0 Å². The third-order valence-corrected chi connectivity index (χ3v) is 2.94. The van der Waals surface area contributed by atoms with Gasteiger partial charge in [-0.3, -0.25) is 0 Å². The van der Waals surface area contributed by atoms with Crippen molar-refractivity contribution in [1.29, 1.82) is 0 Å². The number of aromatic nitrogens is 2. The van der Waals surface area contributed by atoms with Gasteiger partial charge in [-0.1, -0.05) is 20.8 Å². The maximum absolute atomic E-state index is 5.51. The summed E-state index contributed by atoms with van der Waals surface area (Å²) in [5.74, 6) is 1.52. The Labute approximate surface area is 111 Å². The molecule has 0 spiro atoms. The molecule has 1 rings (SSSR count). The summed E-state index contributed by atoms with van der Waals surface area (Å²) in [4.78, 5) is 8.84. The zero-order chi connectivity index (χ0) is 13.1. The van der Waals surface area contributed by atoms with Crippen molar-refractivity contribution in [1.82, 2.24) is 9.97 Å². The second kappa shape index (κ2) is 5.78. The SMILES string of the molecule is CCNc1nc(C(OC)C(C)(C)C)ncc1Br. The molecular formula is C12H20BrN3O. The molecule has 0 saturated carbocycles. The number of nitrogens with one attached hydrogen (secondary N) is 1. The molecule has 17 heavy (non-hydrogen) atoms. The van der Waals surface area contributed by atoms with Crippen LogP contribution in [-0.2, 0) is 4.74 Å². The van der Waals surface area contributed by atoms with Crippen LogP contribution in [0.1, 0.15) is 39.6 Å². The van der Waals surface area contributed by atoms with Gasteiger partial charge in [0, 0.05) is 19.9 Å². The number of hydrogen-bond donors (Lipinski definition) is 1. The first kappa shape index (κ1) is 14.4. The average molecular weight is 302 g/mol. The lowest BCUT2D eigenvalue weighted by Gasteiger charge is -2.28. The van der Waals surface area contributed by atoms with Crippen LogP contribution in [0.5, 0.6) is 0 Å². The van der Waals surface area contributed by atoms with Crippen molar-refractivity contribution in [3.8, 4) is 0 Å². The zero-order valence-corrected chi connectivity index (χ0v) is 12.6. The van der Waals surface area contributed by atoms with E-state index in [1.54, 1.807) is 13.3 Å². The van der Waals surface area contributed by atoms with Crippen LogP contribution in [0.15, 0.2) is 10.7 Å². The molecule has 0 saturated heterocycles. The molecule has 0 bridgehead atoms. The van der Waals surface area contributed by atoms with Crippen LogP contribution in [0.4, 0.5) is 5.82 Å². The molecule has 1 aromatic rings. The molecule has 0 aliphatic carbocycles. The second-order valence-corrected chi connectivity index (χ2v) is 5.79. The van der Waals surface area contributed by atoms with Gasteiger partial charge in [-0.25, -0.2) is 9.97 Å². The van der Waals surface area contributed by atoms with Gasteiger partial charge in [0.15, 0.2) is 5.82 Å². The molecule has 1 N–H and O–H groups in total. The number of halogens is 1. The number of rotatable bonds is 4. The van der Waals surface area contributed by atoms with E-state index in [-0.39, 0.29) is 11.5 Å². The monoisotopic (exact) mass is 301 g/mol. The highest BCUT2D eigenvalue weighted by molar-refractivity contribution is 9.10. The maximum atomic E-state index is 5.51. The lowest BCUT2D eigenvalue weighted by molar-refractivity contribution is 0.00873. The minimum Gasteiger partial charge on any atom is -0.373 e. The van der Waals surface area contributed by atoms with Crippen molar-refractivity contribution in [3.63, 3.8) is 0 Å². The van der Waals surface area contributed by atoms with Crippen LogP contribution >= 0.6 is 15.9 Å². The summed E-state index contributed by atoms with van der Waals surface area (Å²) in [7, 11) is 1.69. The van der Waals surface area contributed by atoms with Crippen molar-refractivity contribution < 1.29 is 4.74 Å². The van der Waals surface area contributed by atoms with Gasteiger partial charge in [0.05, 0.1) is 4.47 Å². The number of hydrogen-bond acceptors (Lipinski definition) is 4. The van der Waals surface area contributed by atoms with E-state index in [1.807, 2.05) is 6.92 Å². The molecule has 1 heterocycles. The fourth-order valence-corrected chi connectivity index (χ4v) is 1.98. The summed E-state index contributed by atoms with van der Waals surface area (Å²) < 4.78 is 6.37. The summed E-state index contributed by atoms with van der Waals surface area (Å²) in [6, 6.07) is 0. The Morgan fingerprint density at radius 1 is 1.47 bits per heavy atom. The molecule has 0 amide bonds. The normalized spacial score (nSPS) is 13.5. The third kappa shape index (κ3) is 3.64. The summed E-state index contributed by atoms with van der Waals surface area (Å²) in [6.07, 6.45) is 1.64. The van der Waals surface area contributed by atoms with Crippen molar-refractivity contribution in [2.45, 2.75) is 33.8 Å². The molecule has 0 radical (unpaired) electrons. The minimum absolute atomic E-state index is 0.0357. The molecule has 0 aliphatic heterocycles. The van der Waals surface area contributed by atoms with Gasteiger partial charge < -0.3 is 10.1 Å². The van der Waals surface area contributed by atoms with Gasteiger partial charge in [0.1, 0.15) is 11.9 Å². The second-order valence-electron chi connectivity index (χ2n) is 4.94. The quantitative estimate of drug-likeness (QED) is 0.926. The van der Waals surface area contributed by atoms with Gasteiger partial charge >= 0.3 is 0 Å². The van der Waals surface area contributed by atoms with E-state index in [4.69, 9.17) is 4.74 Å². The highest BCUT2D eigenvalue weighted by atomic mass is 79.9. The topological polar surface area (TPSA) is 47.0 Å². The van der Waals surface area contributed by atoms with E-state index in [1.165, 1.54) is 0 Å². The standard InChI is InChI=1S/C12H20BrN3O/c1-6-14-10-8(13)7-15-11(16-10)9(17-5)12(2,3)4/h7,9H,6H2,1-5H3,(H,14,15,16). The van der Waals surface area contributed by atoms with E-state index in [0.717, 1.165) is 16.8 Å². The van der Waals surface area contributed by atoms with E-state index in [9.17, 15) is 0 Å². The Kier molecular flexibility index (Phi) is 4.89. The Bertz CT molecular complexity index is 377. The van der Waals surface area contributed by atoms with Gasteiger partial charge in [-0.2, -0.15) is 0 Å². The highest BCUT2D eigenvalue weighted by Crippen LogP contribution is 2.34. The fraction of sp³-hybridized carbons (Fsp3) is 0.667. The van der Waals surface area contributed by atoms with Crippen molar-refractivity contribution in [3.05, 3.63) is 16.5 Å². The molecular weight excluding hydrogens is 282 g/mol. The third-order valence-electron chi connectivity index (χ3n) is 2.36. The van der Waals surface area contributed by atoms with Crippen LogP contribution in [-0.4, -0.2) is 23.6 Å². The number of anilines is 1. The Balaban J connectivity index is 3.09. The first-order valence-corrected chi connectivity index (χ1v) is 6.48. The summed E-state index contributed by atoms with van der Waals surface area (Å²) >= 11 is 3.42. The predicted molar refractivity (Wildman–Crippen MR) is 73.1 cm³/mol.